The topological polar surface area (TPSA) is 20.3 Å². The summed E-state index contributed by atoms with van der Waals surface area (Å²) in [5, 5.41) is 0.631. The van der Waals surface area contributed by atoms with Crippen LogP contribution in [-0.4, -0.2) is 29.3 Å². The molecule has 0 bridgehead atoms. The molecule has 1 saturated heterocycles. The van der Waals surface area contributed by atoms with Crippen molar-refractivity contribution >= 4 is 51.7 Å². The average Bonchev–Trinajstić information content (AvgIpc) is 2.35. The molecule has 1 fully saturated rings. The number of likely N-dealkylation sites (tertiary alicyclic amines) is 1. The van der Waals surface area contributed by atoms with Crippen molar-refractivity contribution in [2.75, 3.05) is 13.1 Å². The maximum Gasteiger partial charge on any atom is 0.255 e. The molecule has 2 atom stereocenters. The second-order valence-electron chi connectivity index (χ2n) is 4.66. The zero-order chi connectivity index (χ0) is 13.3. The number of benzene rings is 1. The van der Waals surface area contributed by atoms with Gasteiger partial charge in [0.2, 0.25) is 0 Å². The molecule has 1 aromatic carbocycles. The van der Waals surface area contributed by atoms with Crippen molar-refractivity contribution in [1.82, 2.24) is 4.90 Å². The minimum absolute atomic E-state index is 0.0273. The molecule has 0 aliphatic carbocycles. The Morgan fingerprint density at radius 1 is 1.50 bits per heavy atom. The quantitative estimate of drug-likeness (QED) is 0.517. The maximum absolute atomic E-state index is 12.4. The van der Waals surface area contributed by atoms with Crippen LogP contribution in [0.25, 0.3) is 0 Å². The number of halogens is 3. The first-order chi connectivity index (χ1) is 8.49. The minimum Gasteiger partial charge on any atom is -0.337 e. The molecule has 1 aliphatic rings. The van der Waals surface area contributed by atoms with E-state index in [1.807, 2.05) is 11.0 Å². The second kappa shape index (κ2) is 5.97. The smallest absolute Gasteiger partial charge is 0.255 e. The van der Waals surface area contributed by atoms with E-state index in [0.717, 1.165) is 16.5 Å². The van der Waals surface area contributed by atoms with Crippen LogP contribution < -0.4 is 0 Å². The highest BCUT2D eigenvalue weighted by Gasteiger charge is 2.28. The molecule has 2 unspecified atom stereocenters. The summed E-state index contributed by atoms with van der Waals surface area (Å²) in [5.41, 5.74) is 0.668. The number of hydrogen-bond acceptors (Lipinski definition) is 1. The SMILES string of the molecule is CC1CCN(C(=O)c2cc(Cl)ccc2I)CC1Cl. The van der Waals surface area contributed by atoms with Gasteiger partial charge in [0.15, 0.2) is 0 Å². The van der Waals surface area contributed by atoms with E-state index in [1.165, 1.54) is 0 Å². The normalized spacial score (nSPS) is 24.1. The van der Waals surface area contributed by atoms with Gasteiger partial charge < -0.3 is 4.90 Å². The van der Waals surface area contributed by atoms with Crippen molar-refractivity contribution in [3.63, 3.8) is 0 Å². The Bertz CT molecular complexity index is 466. The van der Waals surface area contributed by atoms with E-state index in [9.17, 15) is 4.79 Å². The molecule has 0 N–H and O–H groups in total. The summed E-state index contributed by atoms with van der Waals surface area (Å²) in [7, 11) is 0. The molecule has 1 aromatic rings. The standard InChI is InChI=1S/C13H14Cl2INO/c1-8-4-5-17(7-11(8)15)13(18)10-6-9(14)2-3-12(10)16/h2-3,6,8,11H,4-5,7H2,1H3. The van der Waals surface area contributed by atoms with Crippen LogP contribution in [0, 0.1) is 9.49 Å². The van der Waals surface area contributed by atoms with Crippen LogP contribution >= 0.6 is 45.8 Å². The third-order valence-corrected chi connectivity index (χ3v) is 5.06. The molecule has 0 saturated carbocycles. The van der Waals surface area contributed by atoms with Crippen molar-refractivity contribution in [2.24, 2.45) is 5.92 Å². The average molecular weight is 398 g/mol. The van der Waals surface area contributed by atoms with Gasteiger partial charge in [0.05, 0.1) is 10.9 Å². The Morgan fingerprint density at radius 2 is 2.22 bits per heavy atom. The van der Waals surface area contributed by atoms with Crippen molar-refractivity contribution in [3.05, 3.63) is 32.4 Å². The van der Waals surface area contributed by atoms with E-state index in [1.54, 1.807) is 12.1 Å². The Hall–Kier alpha value is -0.0000000000000000555. The number of rotatable bonds is 1. The molecule has 1 amide bonds. The number of alkyl halides is 1. The Labute approximate surface area is 131 Å². The van der Waals surface area contributed by atoms with Gasteiger partial charge in [0, 0.05) is 21.7 Å². The van der Waals surface area contributed by atoms with Crippen LogP contribution in [0.3, 0.4) is 0 Å². The fourth-order valence-electron chi connectivity index (χ4n) is 2.04. The van der Waals surface area contributed by atoms with E-state index in [-0.39, 0.29) is 11.3 Å². The molecule has 1 aliphatic heterocycles. The minimum atomic E-state index is 0.0273. The summed E-state index contributed by atoms with van der Waals surface area (Å²) in [6, 6.07) is 5.39. The van der Waals surface area contributed by atoms with Gasteiger partial charge in [-0.05, 0) is 53.1 Å². The van der Waals surface area contributed by atoms with Crippen molar-refractivity contribution < 1.29 is 4.79 Å². The van der Waals surface area contributed by atoms with E-state index >= 15 is 0 Å². The van der Waals surface area contributed by atoms with Gasteiger partial charge >= 0.3 is 0 Å². The molecule has 2 rings (SSSR count). The lowest BCUT2D eigenvalue weighted by Gasteiger charge is -2.34. The summed E-state index contributed by atoms with van der Waals surface area (Å²) in [5.74, 6) is 0.494. The van der Waals surface area contributed by atoms with Crippen LogP contribution in [-0.2, 0) is 0 Å². The number of hydrogen-bond donors (Lipinski definition) is 0. The van der Waals surface area contributed by atoms with Crippen molar-refractivity contribution in [3.8, 4) is 0 Å². The van der Waals surface area contributed by atoms with E-state index < -0.39 is 0 Å². The van der Waals surface area contributed by atoms with Crippen LogP contribution in [0.15, 0.2) is 18.2 Å². The first-order valence-electron chi connectivity index (χ1n) is 5.87. The van der Waals surface area contributed by atoms with Crippen LogP contribution in [0.1, 0.15) is 23.7 Å². The lowest BCUT2D eigenvalue weighted by Crippen LogP contribution is -2.44. The molecule has 18 heavy (non-hydrogen) atoms. The Balaban J connectivity index is 2.19. The lowest BCUT2D eigenvalue weighted by molar-refractivity contribution is 0.0700. The highest BCUT2D eigenvalue weighted by atomic mass is 127. The third-order valence-electron chi connectivity index (χ3n) is 3.31. The largest absolute Gasteiger partial charge is 0.337 e. The highest BCUT2D eigenvalue weighted by molar-refractivity contribution is 14.1. The second-order valence-corrected chi connectivity index (χ2v) is 6.82. The van der Waals surface area contributed by atoms with Crippen molar-refractivity contribution in [1.29, 1.82) is 0 Å². The van der Waals surface area contributed by atoms with Gasteiger partial charge in [0.25, 0.3) is 5.91 Å². The molecule has 0 radical (unpaired) electrons. The maximum atomic E-state index is 12.4. The van der Waals surface area contributed by atoms with E-state index in [0.29, 0.717) is 23.0 Å². The summed E-state index contributed by atoms with van der Waals surface area (Å²) in [6.45, 7) is 3.51. The summed E-state index contributed by atoms with van der Waals surface area (Å²) in [6.07, 6.45) is 0.955. The van der Waals surface area contributed by atoms with Gasteiger partial charge in [-0.15, -0.1) is 11.6 Å². The number of carbonyl (C=O) groups excluding carboxylic acids is 1. The molecule has 1 heterocycles. The fourth-order valence-corrected chi connectivity index (χ4v) is 3.07. The van der Waals surface area contributed by atoms with E-state index in [2.05, 4.69) is 29.5 Å². The first-order valence-corrected chi connectivity index (χ1v) is 7.76. The van der Waals surface area contributed by atoms with Crippen molar-refractivity contribution in [2.45, 2.75) is 18.7 Å². The van der Waals surface area contributed by atoms with Crippen LogP contribution in [0.4, 0.5) is 0 Å². The highest BCUT2D eigenvalue weighted by Crippen LogP contribution is 2.25. The number of carbonyl (C=O) groups is 1. The molecule has 0 aromatic heterocycles. The first kappa shape index (κ1) is 14.4. The molecular weight excluding hydrogens is 384 g/mol. The molecular formula is C13H14Cl2INO. The predicted octanol–water partition coefficient (Wildman–Crippen LogP) is 4.03. The van der Waals surface area contributed by atoms with Gasteiger partial charge in [-0.25, -0.2) is 0 Å². The van der Waals surface area contributed by atoms with Gasteiger partial charge in [-0.3, -0.25) is 4.79 Å². The zero-order valence-electron chi connectivity index (χ0n) is 10.00. The summed E-state index contributed by atoms with van der Waals surface area (Å²) >= 11 is 14.4. The number of piperidine rings is 1. The lowest BCUT2D eigenvalue weighted by atomic mass is 9.98. The molecule has 2 nitrogen and oxygen atoms in total. The third kappa shape index (κ3) is 3.11. The van der Waals surface area contributed by atoms with Crippen LogP contribution in [0.5, 0.6) is 0 Å². The summed E-state index contributed by atoms with van der Waals surface area (Å²) in [4.78, 5) is 14.3. The molecule has 5 heteroatoms. The zero-order valence-corrected chi connectivity index (χ0v) is 13.7. The van der Waals surface area contributed by atoms with Gasteiger partial charge in [-0.1, -0.05) is 18.5 Å². The summed E-state index contributed by atoms with van der Waals surface area (Å²) < 4.78 is 0.923. The Kier molecular flexibility index (Phi) is 4.78. The number of amides is 1. The monoisotopic (exact) mass is 397 g/mol. The van der Waals surface area contributed by atoms with E-state index in [4.69, 9.17) is 23.2 Å². The van der Waals surface area contributed by atoms with Gasteiger partial charge in [0.1, 0.15) is 0 Å². The Morgan fingerprint density at radius 3 is 2.89 bits per heavy atom. The molecule has 98 valence electrons. The fraction of sp³-hybridized carbons (Fsp3) is 0.462. The molecule has 0 spiro atoms. The van der Waals surface area contributed by atoms with Crippen LogP contribution in [0.2, 0.25) is 5.02 Å². The van der Waals surface area contributed by atoms with Gasteiger partial charge in [-0.2, -0.15) is 0 Å². The number of nitrogens with zero attached hydrogens (tertiary/aromatic N) is 1. The predicted molar refractivity (Wildman–Crippen MR) is 83.5 cm³/mol.